The fraction of sp³-hybridized carbons (Fsp3) is 0.714. The largest absolute Gasteiger partial charge is 0.506 e. The number of ether oxygens (including phenoxy) is 3. The van der Waals surface area contributed by atoms with E-state index in [1.807, 2.05) is 39.5 Å². The topological polar surface area (TPSA) is 121 Å². The molecule has 11 heteroatoms. The Balaban J connectivity index is 1.60. The molecule has 1 aromatic rings. The molecule has 216 valence electrons. The van der Waals surface area contributed by atoms with Crippen LogP contribution >= 0.6 is 11.6 Å². The van der Waals surface area contributed by atoms with Crippen LogP contribution in [0.25, 0.3) is 0 Å². The highest BCUT2D eigenvalue weighted by Gasteiger charge is 2.43. The third-order valence-corrected chi connectivity index (χ3v) is 7.59. The molecule has 1 spiro atoms. The molecule has 2 aliphatic heterocycles. The second kappa shape index (κ2) is 12.0. The Hall–Kier alpha value is -2.43. The van der Waals surface area contributed by atoms with Crippen molar-refractivity contribution in [3.05, 3.63) is 28.4 Å². The summed E-state index contributed by atoms with van der Waals surface area (Å²) in [4.78, 5) is 25.5. The molecule has 1 aromatic heterocycles. The van der Waals surface area contributed by atoms with Gasteiger partial charge in [-0.15, -0.1) is 0 Å². The smallest absolute Gasteiger partial charge is 0.410 e. The van der Waals surface area contributed by atoms with E-state index in [1.54, 1.807) is 11.0 Å². The number of halogens is 1. The standard InChI is InChI=1S/C28H42ClN5O5/c1-18-16-33(17-19(2)34(18)26(36)39-27(3,4)5)22-15-21(31-25(29)32-22)23(30)20-11-9-7-6-8-10-12-28(24(20)35)37-13-14-38-28/h15,18-19,30,35H,6-14,16-17H2,1-5H3/b24-20-,30-23?/t18-,19-/m0/s1. The van der Waals surface area contributed by atoms with Crippen LogP contribution in [-0.4, -0.2) is 81.6 Å². The zero-order chi connectivity index (χ0) is 28.4. The van der Waals surface area contributed by atoms with Crippen LogP contribution in [-0.2, 0) is 14.2 Å². The highest BCUT2D eigenvalue weighted by atomic mass is 35.5. The van der Waals surface area contributed by atoms with Gasteiger partial charge < -0.3 is 24.2 Å². The first-order chi connectivity index (χ1) is 18.4. The second-order valence-corrected chi connectivity index (χ2v) is 12.1. The lowest BCUT2D eigenvalue weighted by atomic mass is 9.91. The minimum Gasteiger partial charge on any atom is -0.506 e. The van der Waals surface area contributed by atoms with E-state index < -0.39 is 11.4 Å². The normalized spacial score (nSPS) is 26.5. The molecule has 0 aromatic carbocycles. The van der Waals surface area contributed by atoms with Gasteiger partial charge in [0.1, 0.15) is 11.4 Å². The highest BCUT2D eigenvalue weighted by Crippen LogP contribution is 2.37. The van der Waals surface area contributed by atoms with Crippen molar-refractivity contribution in [3.63, 3.8) is 0 Å². The summed E-state index contributed by atoms with van der Waals surface area (Å²) in [5.74, 6) is -0.668. The van der Waals surface area contributed by atoms with Gasteiger partial charge in [-0.25, -0.2) is 14.8 Å². The van der Waals surface area contributed by atoms with Gasteiger partial charge in [0, 0.05) is 31.1 Å². The van der Waals surface area contributed by atoms with E-state index in [0.717, 1.165) is 32.1 Å². The summed E-state index contributed by atoms with van der Waals surface area (Å²) in [5.41, 5.74) is 0.305. The third-order valence-electron chi connectivity index (χ3n) is 7.42. The van der Waals surface area contributed by atoms with Crippen molar-refractivity contribution in [2.75, 3.05) is 31.2 Å². The number of aliphatic hydroxyl groups excluding tert-OH is 1. The number of allylic oxidation sites excluding steroid dienone is 1. The molecular weight excluding hydrogens is 522 g/mol. The summed E-state index contributed by atoms with van der Waals surface area (Å²) in [5, 5.41) is 20.6. The van der Waals surface area contributed by atoms with Crippen LogP contribution in [0, 0.1) is 5.41 Å². The van der Waals surface area contributed by atoms with Gasteiger partial charge in [0.05, 0.1) is 36.7 Å². The Morgan fingerprint density at radius 1 is 1.10 bits per heavy atom. The van der Waals surface area contributed by atoms with E-state index in [2.05, 4.69) is 9.97 Å². The number of carbonyl (C=O) groups excluding carboxylic acids is 1. The van der Waals surface area contributed by atoms with Crippen LogP contribution < -0.4 is 4.90 Å². The predicted molar refractivity (Wildman–Crippen MR) is 150 cm³/mol. The van der Waals surface area contributed by atoms with Crippen LogP contribution in [0.1, 0.15) is 85.3 Å². The van der Waals surface area contributed by atoms with Crippen LogP contribution in [0.3, 0.4) is 0 Å². The Morgan fingerprint density at radius 3 is 2.36 bits per heavy atom. The van der Waals surface area contributed by atoms with Crippen LogP contribution in [0.5, 0.6) is 0 Å². The quantitative estimate of drug-likeness (QED) is 0.358. The van der Waals surface area contributed by atoms with Gasteiger partial charge in [0.2, 0.25) is 11.1 Å². The Bertz CT molecular complexity index is 1090. The zero-order valence-electron chi connectivity index (χ0n) is 23.8. The first-order valence-electron chi connectivity index (χ1n) is 14.0. The first-order valence-corrected chi connectivity index (χ1v) is 14.4. The van der Waals surface area contributed by atoms with E-state index >= 15 is 0 Å². The molecule has 2 fully saturated rings. The molecule has 0 saturated carbocycles. The highest BCUT2D eigenvalue weighted by molar-refractivity contribution is 6.28. The van der Waals surface area contributed by atoms with Crippen LogP contribution in [0.15, 0.2) is 17.4 Å². The molecule has 0 unspecified atom stereocenters. The predicted octanol–water partition coefficient (Wildman–Crippen LogP) is 5.63. The van der Waals surface area contributed by atoms with E-state index in [4.69, 9.17) is 31.2 Å². The van der Waals surface area contributed by atoms with Crippen molar-refractivity contribution in [1.82, 2.24) is 14.9 Å². The van der Waals surface area contributed by atoms with Crippen molar-refractivity contribution >= 4 is 29.2 Å². The zero-order valence-corrected chi connectivity index (χ0v) is 24.5. The number of rotatable bonds is 3. The molecule has 2 N–H and O–H groups in total. The van der Waals surface area contributed by atoms with Crippen molar-refractivity contribution < 1.29 is 24.1 Å². The molecular formula is C28H42ClN5O5. The molecule has 1 aliphatic carbocycles. The molecule has 10 nitrogen and oxygen atoms in total. The monoisotopic (exact) mass is 563 g/mol. The van der Waals surface area contributed by atoms with Gasteiger partial charge >= 0.3 is 6.09 Å². The average Bonchev–Trinajstić information content (AvgIpc) is 3.33. The number of anilines is 1. The number of carbonyl (C=O) groups is 1. The maximum Gasteiger partial charge on any atom is 0.410 e. The van der Waals surface area contributed by atoms with E-state index in [9.17, 15) is 9.90 Å². The number of hydrogen-bond donors (Lipinski definition) is 2. The second-order valence-electron chi connectivity index (χ2n) is 11.8. The van der Waals surface area contributed by atoms with Crippen molar-refractivity contribution in [2.24, 2.45) is 0 Å². The maximum atomic E-state index is 12.8. The molecule has 2 atom stereocenters. The number of hydrogen-bond acceptors (Lipinski definition) is 9. The maximum absolute atomic E-state index is 12.8. The molecule has 3 heterocycles. The number of aromatic nitrogens is 2. The lowest BCUT2D eigenvalue weighted by Gasteiger charge is -2.44. The third kappa shape index (κ3) is 6.84. The van der Waals surface area contributed by atoms with Gasteiger partial charge in [0.15, 0.2) is 5.76 Å². The summed E-state index contributed by atoms with van der Waals surface area (Å²) in [6, 6.07) is 1.46. The van der Waals surface area contributed by atoms with Gasteiger partial charge in [0.25, 0.3) is 0 Å². The van der Waals surface area contributed by atoms with E-state index in [-0.39, 0.29) is 34.9 Å². The minimum atomic E-state index is -1.21. The Kier molecular flexibility index (Phi) is 9.08. The first kappa shape index (κ1) is 29.6. The van der Waals surface area contributed by atoms with Crippen LogP contribution in [0.4, 0.5) is 10.6 Å². The van der Waals surface area contributed by atoms with Crippen molar-refractivity contribution in [3.8, 4) is 0 Å². The van der Waals surface area contributed by atoms with Crippen LogP contribution in [0.2, 0.25) is 5.28 Å². The molecule has 0 bridgehead atoms. The summed E-state index contributed by atoms with van der Waals surface area (Å²) in [6.07, 6.45) is 5.59. The summed E-state index contributed by atoms with van der Waals surface area (Å²) >= 11 is 6.38. The molecule has 3 aliphatic rings. The molecule has 39 heavy (non-hydrogen) atoms. The molecule has 0 radical (unpaired) electrons. The van der Waals surface area contributed by atoms with Gasteiger partial charge in [-0.1, -0.05) is 19.3 Å². The SMILES string of the molecule is C[C@H]1CN(c2cc(C(=N)/C3=C(\O)C4(CCCCCCC3)OCCO4)nc(Cl)n2)C[C@H](C)N1C(=O)OC(C)(C)C. The number of nitrogens with zero attached hydrogens (tertiary/aromatic N) is 4. The lowest BCUT2D eigenvalue weighted by Crippen LogP contribution is -2.59. The summed E-state index contributed by atoms with van der Waals surface area (Å²) in [6.45, 7) is 11.4. The fourth-order valence-corrected chi connectivity index (χ4v) is 5.85. The van der Waals surface area contributed by atoms with Gasteiger partial charge in [-0.2, -0.15) is 0 Å². The Morgan fingerprint density at radius 2 is 1.72 bits per heavy atom. The summed E-state index contributed by atoms with van der Waals surface area (Å²) < 4.78 is 17.5. The summed E-state index contributed by atoms with van der Waals surface area (Å²) in [7, 11) is 0. The fourth-order valence-electron chi connectivity index (χ4n) is 5.67. The number of aliphatic hydroxyl groups is 1. The molecule has 4 rings (SSSR count). The number of piperazine rings is 1. The van der Waals surface area contributed by atoms with Gasteiger partial charge in [-0.05, 0) is 65.5 Å². The Labute approximate surface area is 236 Å². The number of amides is 1. The number of nitrogens with one attached hydrogen (secondary N) is 1. The minimum absolute atomic E-state index is 0.0187. The molecule has 1 amide bonds. The van der Waals surface area contributed by atoms with Gasteiger partial charge in [-0.3, -0.25) is 10.3 Å². The van der Waals surface area contributed by atoms with Crippen molar-refractivity contribution in [2.45, 2.75) is 103 Å². The van der Waals surface area contributed by atoms with E-state index in [1.165, 1.54) is 0 Å². The average molecular weight is 564 g/mol. The molecule has 2 saturated heterocycles. The lowest BCUT2D eigenvalue weighted by molar-refractivity contribution is -0.155. The van der Waals surface area contributed by atoms with E-state index in [0.29, 0.717) is 56.2 Å². The van der Waals surface area contributed by atoms with Crippen molar-refractivity contribution in [1.29, 1.82) is 5.41 Å².